The molecule has 5 heteroatoms. The van der Waals surface area contributed by atoms with Gasteiger partial charge in [0, 0.05) is 26.8 Å². The molecule has 1 amide bonds. The number of carbonyl (C=O) groups excluding carboxylic acids is 1. The zero-order chi connectivity index (χ0) is 14.2. The van der Waals surface area contributed by atoms with Crippen LogP contribution < -0.4 is 0 Å². The van der Waals surface area contributed by atoms with Crippen LogP contribution in [0.4, 0.5) is 0 Å². The molecule has 0 aliphatic carbocycles. The van der Waals surface area contributed by atoms with E-state index in [-0.39, 0.29) is 12.2 Å². The number of likely N-dealkylation sites (tertiary alicyclic amines) is 1. The van der Waals surface area contributed by atoms with Crippen molar-refractivity contribution in [1.29, 1.82) is 0 Å². The molecule has 2 aliphatic heterocycles. The third-order valence-corrected chi connectivity index (χ3v) is 4.09. The van der Waals surface area contributed by atoms with E-state index in [4.69, 9.17) is 14.2 Å². The Bertz CT molecular complexity index is 292. The number of nitrogens with zero attached hydrogens (tertiary/aromatic N) is 1. The summed E-state index contributed by atoms with van der Waals surface area (Å²) in [6, 6.07) is 0. The molecule has 2 aliphatic rings. The highest BCUT2D eigenvalue weighted by atomic mass is 16.7. The molecule has 0 unspecified atom stereocenters. The van der Waals surface area contributed by atoms with Gasteiger partial charge in [0.2, 0.25) is 5.91 Å². The molecule has 2 fully saturated rings. The Morgan fingerprint density at radius 1 is 1.25 bits per heavy atom. The third-order valence-electron chi connectivity index (χ3n) is 4.09. The molecule has 0 bridgehead atoms. The minimum atomic E-state index is -0.336. The predicted molar refractivity (Wildman–Crippen MR) is 75.3 cm³/mol. The second kappa shape index (κ2) is 8.60. The first-order valence-electron chi connectivity index (χ1n) is 7.79. The lowest BCUT2D eigenvalue weighted by Crippen LogP contribution is -2.38. The molecule has 2 heterocycles. The topological polar surface area (TPSA) is 48.0 Å². The van der Waals surface area contributed by atoms with Crippen LogP contribution in [0, 0.1) is 5.92 Å². The molecule has 0 spiro atoms. The molecule has 2 rings (SSSR count). The number of amides is 1. The van der Waals surface area contributed by atoms with Crippen molar-refractivity contribution in [1.82, 2.24) is 4.90 Å². The summed E-state index contributed by atoms with van der Waals surface area (Å²) in [5.41, 5.74) is 0. The average molecular weight is 285 g/mol. The van der Waals surface area contributed by atoms with Crippen LogP contribution in [-0.2, 0) is 19.0 Å². The van der Waals surface area contributed by atoms with Crippen LogP contribution in [-0.4, -0.2) is 57.1 Å². The van der Waals surface area contributed by atoms with E-state index in [0.29, 0.717) is 25.6 Å². The lowest BCUT2D eigenvalue weighted by molar-refractivity contribution is -0.187. The Labute approximate surface area is 121 Å². The summed E-state index contributed by atoms with van der Waals surface area (Å²) in [6.07, 6.45) is 5.48. The van der Waals surface area contributed by atoms with Gasteiger partial charge in [-0.25, -0.2) is 0 Å². The van der Waals surface area contributed by atoms with Gasteiger partial charge in [-0.1, -0.05) is 6.42 Å². The maximum Gasteiger partial charge on any atom is 0.227 e. The van der Waals surface area contributed by atoms with Crippen LogP contribution in [0.3, 0.4) is 0 Å². The molecule has 0 radical (unpaired) electrons. The fourth-order valence-electron chi connectivity index (χ4n) is 2.90. The highest BCUT2D eigenvalue weighted by Crippen LogP contribution is 2.21. The van der Waals surface area contributed by atoms with Gasteiger partial charge in [-0.05, 0) is 31.6 Å². The van der Waals surface area contributed by atoms with Crippen molar-refractivity contribution in [3.8, 4) is 0 Å². The van der Waals surface area contributed by atoms with E-state index >= 15 is 0 Å². The van der Waals surface area contributed by atoms with Crippen molar-refractivity contribution in [2.45, 2.75) is 44.8 Å². The van der Waals surface area contributed by atoms with E-state index in [2.05, 4.69) is 0 Å². The highest BCUT2D eigenvalue weighted by molar-refractivity contribution is 5.76. The summed E-state index contributed by atoms with van der Waals surface area (Å²) in [5.74, 6) is 0.732. The molecular weight excluding hydrogens is 258 g/mol. The number of methoxy groups -OCH3 is 1. The van der Waals surface area contributed by atoms with E-state index in [9.17, 15) is 4.79 Å². The summed E-state index contributed by atoms with van der Waals surface area (Å²) in [6.45, 7) is 3.91. The van der Waals surface area contributed by atoms with Crippen molar-refractivity contribution in [3.05, 3.63) is 0 Å². The van der Waals surface area contributed by atoms with Crippen LogP contribution in [0.1, 0.15) is 38.5 Å². The minimum Gasteiger partial charge on any atom is -0.385 e. The van der Waals surface area contributed by atoms with Crippen LogP contribution in [0.5, 0.6) is 0 Å². The van der Waals surface area contributed by atoms with E-state index in [1.807, 2.05) is 4.90 Å². The summed E-state index contributed by atoms with van der Waals surface area (Å²) in [5, 5.41) is 0. The molecule has 2 saturated heterocycles. The first-order valence-corrected chi connectivity index (χ1v) is 7.79. The largest absolute Gasteiger partial charge is 0.385 e. The highest BCUT2D eigenvalue weighted by Gasteiger charge is 2.25. The van der Waals surface area contributed by atoms with Crippen LogP contribution in [0.2, 0.25) is 0 Å². The maximum atomic E-state index is 12.4. The van der Waals surface area contributed by atoms with Gasteiger partial charge >= 0.3 is 0 Å². The Balaban J connectivity index is 1.80. The normalized spacial score (nSPS) is 25.4. The van der Waals surface area contributed by atoms with Crippen LogP contribution in [0.15, 0.2) is 0 Å². The zero-order valence-corrected chi connectivity index (χ0v) is 12.5. The van der Waals surface area contributed by atoms with Crippen molar-refractivity contribution < 1.29 is 19.0 Å². The first kappa shape index (κ1) is 15.7. The minimum absolute atomic E-state index is 0.168. The lowest BCUT2D eigenvalue weighted by atomic mass is 10.00. The number of carbonyl (C=O) groups is 1. The average Bonchev–Trinajstić information content (AvgIpc) is 2.72. The summed E-state index contributed by atoms with van der Waals surface area (Å²) in [4.78, 5) is 14.4. The van der Waals surface area contributed by atoms with Gasteiger partial charge in [0.1, 0.15) is 0 Å². The van der Waals surface area contributed by atoms with E-state index < -0.39 is 0 Å². The summed E-state index contributed by atoms with van der Waals surface area (Å²) < 4.78 is 16.1. The van der Waals surface area contributed by atoms with Gasteiger partial charge in [-0.15, -0.1) is 0 Å². The standard InChI is InChI=1S/C15H27NO4/c1-18-10-6-13-5-2-3-7-16(12-13)14(17)11-15-19-8-4-9-20-15/h13,15H,2-12H2,1H3/t13-/m0/s1. The number of hydrogen-bond donors (Lipinski definition) is 0. The van der Waals surface area contributed by atoms with Gasteiger partial charge in [-0.2, -0.15) is 0 Å². The third kappa shape index (κ3) is 5.04. The molecule has 20 heavy (non-hydrogen) atoms. The van der Waals surface area contributed by atoms with Crippen molar-refractivity contribution in [2.75, 3.05) is 40.0 Å². The van der Waals surface area contributed by atoms with E-state index in [0.717, 1.165) is 39.0 Å². The zero-order valence-electron chi connectivity index (χ0n) is 12.5. The van der Waals surface area contributed by atoms with Crippen molar-refractivity contribution >= 4 is 5.91 Å². The number of ether oxygens (including phenoxy) is 3. The van der Waals surface area contributed by atoms with Gasteiger partial charge < -0.3 is 19.1 Å². The van der Waals surface area contributed by atoms with Gasteiger partial charge in [0.05, 0.1) is 19.6 Å². The number of hydrogen-bond acceptors (Lipinski definition) is 4. The quantitative estimate of drug-likeness (QED) is 0.773. The van der Waals surface area contributed by atoms with E-state index in [1.165, 1.54) is 12.8 Å². The van der Waals surface area contributed by atoms with Gasteiger partial charge in [-0.3, -0.25) is 4.79 Å². The predicted octanol–water partition coefficient (Wildman–Crippen LogP) is 1.80. The second-order valence-corrected chi connectivity index (χ2v) is 5.71. The SMILES string of the molecule is COCC[C@@H]1CCCCN(C(=O)CC2OCCCO2)C1. The fraction of sp³-hybridized carbons (Fsp3) is 0.933. The first-order chi connectivity index (χ1) is 9.79. The van der Waals surface area contributed by atoms with Crippen LogP contribution >= 0.6 is 0 Å². The summed E-state index contributed by atoms with van der Waals surface area (Å²) in [7, 11) is 1.73. The second-order valence-electron chi connectivity index (χ2n) is 5.71. The van der Waals surface area contributed by atoms with Crippen molar-refractivity contribution in [3.63, 3.8) is 0 Å². The van der Waals surface area contributed by atoms with Crippen LogP contribution in [0.25, 0.3) is 0 Å². The molecule has 0 aromatic heterocycles. The molecule has 0 aromatic carbocycles. The molecule has 1 atom stereocenters. The maximum absolute atomic E-state index is 12.4. The molecule has 5 nitrogen and oxygen atoms in total. The molecular formula is C15H27NO4. The smallest absolute Gasteiger partial charge is 0.227 e. The fourth-order valence-corrected chi connectivity index (χ4v) is 2.90. The van der Waals surface area contributed by atoms with Gasteiger partial charge in [0.15, 0.2) is 6.29 Å². The Morgan fingerprint density at radius 2 is 2.05 bits per heavy atom. The molecule has 0 saturated carbocycles. The van der Waals surface area contributed by atoms with Crippen molar-refractivity contribution in [2.24, 2.45) is 5.92 Å². The lowest BCUT2D eigenvalue weighted by Gasteiger charge is -2.28. The van der Waals surface area contributed by atoms with Gasteiger partial charge in [0.25, 0.3) is 0 Å². The molecule has 116 valence electrons. The Hall–Kier alpha value is -0.650. The number of rotatable bonds is 5. The van der Waals surface area contributed by atoms with E-state index in [1.54, 1.807) is 7.11 Å². The molecule has 0 N–H and O–H groups in total. The Morgan fingerprint density at radius 3 is 2.80 bits per heavy atom. The Kier molecular flexibility index (Phi) is 6.76. The molecule has 0 aromatic rings. The summed E-state index contributed by atoms with van der Waals surface area (Å²) >= 11 is 0. The monoisotopic (exact) mass is 285 g/mol.